The molecule has 1 aromatic rings. The molecule has 1 heterocycles. The lowest BCUT2D eigenvalue weighted by molar-refractivity contribution is -0.118. The Morgan fingerprint density at radius 1 is 1.60 bits per heavy atom. The van der Waals surface area contributed by atoms with Gasteiger partial charge in [-0.05, 0) is 13.0 Å². The highest BCUT2D eigenvalue weighted by Crippen LogP contribution is 2.06. The highest BCUT2D eigenvalue weighted by atomic mass is 32.1. The van der Waals surface area contributed by atoms with Gasteiger partial charge < -0.3 is 5.32 Å². The van der Waals surface area contributed by atoms with Gasteiger partial charge in [0.1, 0.15) is 5.78 Å². The lowest BCUT2D eigenvalue weighted by atomic mass is 10.1. The molecule has 1 aromatic heterocycles. The van der Waals surface area contributed by atoms with Crippen molar-refractivity contribution in [1.29, 1.82) is 0 Å². The zero-order valence-electron chi connectivity index (χ0n) is 9.32. The van der Waals surface area contributed by atoms with E-state index in [1.165, 1.54) is 0 Å². The first-order chi connectivity index (χ1) is 7.18. The highest BCUT2D eigenvalue weighted by Gasteiger charge is 2.05. The maximum Gasteiger partial charge on any atom is 0.139 e. The smallest absolute Gasteiger partial charge is 0.139 e. The van der Waals surface area contributed by atoms with Crippen LogP contribution in [0.4, 0.5) is 0 Å². The van der Waals surface area contributed by atoms with Crippen LogP contribution in [0.2, 0.25) is 0 Å². The molecular formula is C11H18N2OS. The summed E-state index contributed by atoms with van der Waals surface area (Å²) >= 11 is 1.55. The van der Waals surface area contributed by atoms with Crippen molar-refractivity contribution in [3.05, 3.63) is 16.6 Å². The molecule has 0 atom stereocenters. The van der Waals surface area contributed by atoms with Gasteiger partial charge in [0.05, 0.1) is 11.4 Å². The molecule has 15 heavy (non-hydrogen) atoms. The van der Waals surface area contributed by atoms with E-state index in [9.17, 15) is 4.79 Å². The van der Waals surface area contributed by atoms with Gasteiger partial charge in [-0.1, -0.05) is 13.8 Å². The Balaban J connectivity index is 2.09. The average molecular weight is 226 g/mol. The molecule has 0 aliphatic heterocycles. The Morgan fingerprint density at radius 3 is 3.00 bits per heavy atom. The summed E-state index contributed by atoms with van der Waals surface area (Å²) < 4.78 is 0. The number of carbonyl (C=O) groups is 1. The van der Waals surface area contributed by atoms with Gasteiger partial charge in [-0.25, -0.2) is 4.98 Å². The van der Waals surface area contributed by atoms with Crippen LogP contribution < -0.4 is 5.32 Å². The molecule has 0 fully saturated rings. The van der Waals surface area contributed by atoms with Crippen LogP contribution in [0, 0.1) is 0 Å². The van der Waals surface area contributed by atoms with Crippen LogP contribution in [0.5, 0.6) is 0 Å². The Hall–Kier alpha value is -0.740. The summed E-state index contributed by atoms with van der Waals surface area (Å²) in [5, 5.41) is 6.13. The first kappa shape index (κ1) is 12.3. The third-order valence-electron chi connectivity index (χ3n) is 2.02. The number of nitrogens with one attached hydrogen (secondary N) is 1. The van der Waals surface area contributed by atoms with Crippen molar-refractivity contribution in [3.63, 3.8) is 0 Å². The summed E-state index contributed by atoms with van der Waals surface area (Å²) in [5.74, 6) is 0.288. The largest absolute Gasteiger partial charge is 0.315 e. The number of nitrogens with zero attached hydrogens (tertiary/aromatic N) is 1. The molecule has 1 rings (SSSR count). The van der Waals surface area contributed by atoms with Crippen LogP contribution in [0.3, 0.4) is 0 Å². The fourth-order valence-electron chi connectivity index (χ4n) is 1.27. The third-order valence-corrected chi connectivity index (χ3v) is 2.80. The molecule has 0 bridgehead atoms. The number of aromatic nitrogens is 1. The van der Waals surface area contributed by atoms with Crippen molar-refractivity contribution in [3.8, 4) is 0 Å². The van der Waals surface area contributed by atoms with Gasteiger partial charge in [-0.3, -0.25) is 4.79 Å². The van der Waals surface area contributed by atoms with E-state index in [-0.39, 0.29) is 5.78 Å². The molecule has 4 heteroatoms. The van der Waals surface area contributed by atoms with E-state index in [4.69, 9.17) is 0 Å². The van der Waals surface area contributed by atoms with Crippen LogP contribution in [-0.2, 0) is 11.2 Å². The molecule has 0 spiro atoms. The number of hydrogen-bond donors (Lipinski definition) is 1. The second-order valence-corrected chi connectivity index (χ2v) is 4.83. The summed E-state index contributed by atoms with van der Waals surface area (Å²) in [6.45, 7) is 5.13. The summed E-state index contributed by atoms with van der Waals surface area (Å²) in [5.41, 5.74) is 0. The minimum atomic E-state index is 0.288. The predicted octanol–water partition coefficient (Wildman–Crippen LogP) is 2.03. The van der Waals surface area contributed by atoms with Crippen molar-refractivity contribution in [2.45, 2.75) is 39.2 Å². The van der Waals surface area contributed by atoms with E-state index >= 15 is 0 Å². The molecule has 0 aliphatic rings. The van der Waals surface area contributed by atoms with E-state index < -0.39 is 0 Å². The Bertz CT molecular complexity index is 283. The zero-order valence-corrected chi connectivity index (χ0v) is 10.1. The second-order valence-electron chi connectivity index (χ2n) is 3.85. The van der Waals surface area contributed by atoms with Gasteiger partial charge in [-0.2, -0.15) is 0 Å². The summed E-state index contributed by atoms with van der Waals surface area (Å²) in [6, 6.07) is 0.499. The van der Waals surface area contributed by atoms with Crippen molar-refractivity contribution in [2.75, 3.05) is 6.54 Å². The number of rotatable bonds is 7. The second kappa shape index (κ2) is 6.69. The highest BCUT2D eigenvalue weighted by molar-refractivity contribution is 7.09. The van der Waals surface area contributed by atoms with Gasteiger partial charge in [0.25, 0.3) is 0 Å². The lowest BCUT2D eigenvalue weighted by Gasteiger charge is -2.06. The van der Waals surface area contributed by atoms with Crippen LogP contribution >= 0.6 is 11.3 Å². The molecule has 0 saturated heterocycles. The van der Waals surface area contributed by atoms with Crippen molar-refractivity contribution >= 4 is 17.1 Å². The molecule has 3 nitrogen and oxygen atoms in total. The van der Waals surface area contributed by atoms with Crippen LogP contribution in [-0.4, -0.2) is 23.4 Å². The fraction of sp³-hybridized carbons (Fsp3) is 0.636. The van der Waals surface area contributed by atoms with Crippen LogP contribution in [0.1, 0.15) is 31.7 Å². The SMILES string of the molecule is CC(C)NCCCC(=O)Cc1nccs1. The summed E-state index contributed by atoms with van der Waals surface area (Å²) in [6.07, 6.45) is 3.81. The molecule has 84 valence electrons. The first-order valence-corrected chi connectivity index (χ1v) is 6.20. The van der Waals surface area contributed by atoms with Crippen LogP contribution in [0.15, 0.2) is 11.6 Å². The number of hydrogen-bond acceptors (Lipinski definition) is 4. The van der Waals surface area contributed by atoms with Gasteiger partial charge >= 0.3 is 0 Å². The number of ketones is 1. The monoisotopic (exact) mass is 226 g/mol. The first-order valence-electron chi connectivity index (χ1n) is 5.32. The van der Waals surface area contributed by atoms with E-state index in [1.807, 2.05) is 5.38 Å². The minimum absolute atomic E-state index is 0.288. The van der Waals surface area contributed by atoms with E-state index in [0.29, 0.717) is 18.9 Å². The molecule has 0 amide bonds. The minimum Gasteiger partial charge on any atom is -0.315 e. The Kier molecular flexibility index (Phi) is 5.50. The normalized spacial score (nSPS) is 10.9. The van der Waals surface area contributed by atoms with Crippen molar-refractivity contribution in [2.24, 2.45) is 0 Å². The van der Waals surface area contributed by atoms with E-state index in [1.54, 1.807) is 17.5 Å². The maximum atomic E-state index is 11.5. The molecule has 1 N–H and O–H groups in total. The standard InChI is InChI=1S/C11H18N2OS/c1-9(2)12-5-3-4-10(14)8-11-13-6-7-15-11/h6-7,9,12H,3-5,8H2,1-2H3. The van der Waals surface area contributed by atoms with E-state index in [0.717, 1.165) is 18.0 Å². The lowest BCUT2D eigenvalue weighted by Crippen LogP contribution is -2.24. The molecule has 0 unspecified atom stereocenters. The fourth-order valence-corrected chi connectivity index (χ4v) is 1.92. The quantitative estimate of drug-likeness (QED) is 0.723. The number of thiazole rings is 1. The van der Waals surface area contributed by atoms with Gasteiger partial charge in [-0.15, -0.1) is 11.3 Å². The molecular weight excluding hydrogens is 208 g/mol. The number of Topliss-reactive ketones (excluding diaryl/α,β-unsaturated/α-hetero) is 1. The molecule has 0 radical (unpaired) electrons. The van der Waals surface area contributed by atoms with Gasteiger partial charge in [0.15, 0.2) is 0 Å². The van der Waals surface area contributed by atoms with Crippen molar-refractivity contribution < 1.29 is 4.79 Å². The number of carbonyl (C=O) groups excluding carboxylic acids is 1. The summed E-state index contributed by atoms with van der Waals surface area (Å²) in [7, 11) is 0. The average Bonchev–Trinajstić information content (AvgIpc) is 2.64. The Morgan fingerprint density at radius 2 is 2.40 bits per heavy atom. The zero-order chi connectivity index (χ0) is 11.1. The van der Waals surface area contributed by atoms with Crippen LogP contribution in [0.25, 0.3) is 0 Å². The van der Waals surface area contributed by atoms with Crippen molar-refractivity contribution in [1.82, 2.24) is 10.3 Å². The van der Waals surface area contributed by atoms with E-state index in [2.05, 4.69) is 24.1 Å². The molecule has 0 saturated carbocycles. The molecule has 0 aromatic carbocycles. The molecule has 0 aliphatic carbocycles. The maximum absolute atomic E-state index is 11.5. The Labute approximate surface area is 94.9 Å². The predicted molar refractivity (Wildman–Crippen MR) is 63.2 cm³/mol. The van der Waals surface area contributed by atoms with Gasteiger partial charge in [0, 0.05) is 24.0 Å². The summed E-state index contributed by atoms with van der Waals surface area (Å²) in [4.78, 5) is 15.6. The third kappa shape index (κ3) is 5.64. The van der Waals surface area contributed by atoms with Gasteiger partial charge in [0.2, 0.25) is 0 Å². The topological polar surface area (TPSA) is 42.0 Å².